The van der Waals surface area contributed by atoms with E-state index in [1.165, 1.54) is 17.4 Å². The van der Waals surface area contributed by atoms with Crippen molar-refractivity contribution >= 4 is 61.9 Å². The molecule has 4 nitrogen and oxygen atoms in total. The maximum atomic E-state index is 12.1. The molecule has 0 aliphatic rings. The van der Waals surface area contributed by atoms with E-state index in [4.69, 9.17) is 27.9 Å². The van der Waals surface area contributed by atoms with E-state index in [1.807, 2.05) is 25.1 Å². The van der Waals surface area contributed by atoms with Gasteiger partial charge >= 0.3 is 0 Å². The third kappa shape index (κ3) is 4.51. The van der Waals surface area contributed by atoms with Gasteiger partial charge in [0.15, 0.2) is 5.13 Å². The highest BCUT2D eigenvalue weighted by molar-refractivity contribution is 7.22. The largest absolute Gasteiger partial charge is 0.494 e. The molecule has 3 rings (SSSR count). The predicted octanol–water partition coefficient (Wildman–Crippen LogP) is 5.65. The third-order valence-corrected chi connectivity index (χ3v) is 4.94. The molecule has 2 aromatic carbocycles. The Morgan fingerprint density at radius 3 is 2.84 bits per heavy atom. The first-order valence-electron chi connectivity index (χ1n) is 7.52. The summed E-state index contributed by atoms with van der Waals surface area (Å²) in [6, 6.07) is 10.8. The fourth-order valence-corrected chi connectivity index (χ4v) is 3.35. The molecule has 0 spiro atoms. The number of nitrogens with zero attached hydrogens (tertiary/aromatic N) is 1. The van der Waals surface area contributed by atoms with Crippen LogP contribution in [0.1, 0.15) is 12.5 Å². The highest BCUT2D eigenvalue weighted by atomic mass is 35.5. The molecule has 0 fully saturated rings. The Hall–Kier alpha value is -2.08. The first kappa shape index (κ1) is 17.7. The number of nitrogens with one attached hydrogen (secondary N) is 1. The minimum atomic E-state index is -0.268. The second-order valence-electron chi connectivity index (χ2n) is 5.08. The number of anilines is 1. The van der Waals surface area contributed by atoms with Gasteiger partial charge in [0.05, 0.1) is 26.9 Å². The summed E-state index contributed by atoms with van der Waals surface area (Å²) in [6.45, 7) is 2.54. The topological polar surface area (TPSA) is 51.2 Å². The minimum Gasteiger partial charge on any atom is -0.494 e. The number of hydrogen-bond acceptors (Lipinski definition) is 4. The molecule has 0 saturated carbocycles. The highest BCUT2D eigenvalue weighted by Crippen LogP contribution is 2.29. The number of ether oxygens (including phenoxy) is 1. The van der Waals surface area contributed by atoms with Gasteiger partial charge in [-0.1, -0.05) is 40.6 Å². The lowest BCUT2D eigenvalue weighted by Gasteiger charge is -2.00. The number of carbonyl (C=O) groups is 1. The van der Waals surface area contributed by atoms with Crippen molar-refractivity contribution < 1.29 is 9.53 Å². The van der Waals surface area contributed by atoms with Gasteiger partial charge in [-0.25, -0.2) is 4.98 Å². The van der Waals surface area contributed by atoms with Gasteiger partial charge in [-0.05, 0) is 48.9 Å². The fraction of sp³-hybridized carbons (Fsp3) is 0.111. The highest BCUT2D eigenvalue weighted by Gasteiger charge is 2.07. The summed E-state index contributed by atoms with van der Waals surface area (Å²) in [5.41, 5.74) is 1.60. The molecule has 1 N–H and O–H groups in total. The van der Waals surface area contributed by atoms with Crippen molar-refractivity contribution in [2.24, 2.45) is 0 Å². The zero-order chi connectivity index (χ0) is 17.8. The molecule has 7 heteroatoms. The number of fused-ring (bicyclic) bond motifs is 1. The molecule has 25 heavy (non-hydrogen) atoms. The Balaban J connectivity index is 1.70. The number of amides is 1. The van der Waals surface area contributed by atoms with Crippen LogP contribution in [0.4, 0.5) is 5.13 Å². The van der Waals surface area contributed by atoms with Gasteiger partial charge in [0.2, 0.25) is 5.91 Å². The van der Waals surface area contributed by atoms with Crippen molar-refractivity contribution in [2.75, 3.05) is 11.9 Å². The third-order valence-electron chi connectivity index (χ3n) is 3.27. The summed E-state index contributed by atoms with van der Waals surface area (Å²) in [5.74, 6) is 0.520. The van der Waals surface area contributed by atoms with E-state index in [0.29, 0.717) is 21.8 Å². The van der Waals surface area contributed by atoms with Gasteiger partial charge in [-0.2, -0.15) is 0 Å². The fourth-order valence-electron chi connectivity index (χ4n) is 2.15. The quantitative estimate of drug-likeness (QED) is 0.570. The zero-order valence-corrected chi connectivity index (χ0v) is 15.6. The second kappa shape index (κ2) is 7.87. The van der Waals surface area contributed by atoms with Gasteiger partial charge in [0.1, 0.15) is 5.75 Å². The molecule has 0 unspecified atom stereocenters. The maximum absolute atomic E-state index is 12.1. The van der Waals surface area contributed by atoms with Crippen LogP contribution in [0.5, 0.6) is 5.75 Å². The molecule has 1 aromatic heterocycles. The SMILES string of the molecule is CCOc1ccc2nc(NC(=O)/C=C/c3ccc(Cl)c(Cl)c3)sc2c1. The summed E-state index contributed by atoms with van der Waals surface area (Å²) in [4.78, 5) is 16.5. The Bertz CT molecular complexity index is 953. The summed E-state index contributed by atoms with van der Waals surface area (Å²) < 4.78 is 6.42. The predicted molar refractivity (Wildman–Crippen MR) is 105 cm³/mol. The number of halogens is 2. The average molecular weight is 393 g/mol. The van der Waals surface area contributed by atoms with Crippen molar-refractivity contribution in [3.8, 4) is 5.75 Å². The van der Waals surface area contributed by atoms with Gasteiger partial charge in [0.25, 0.3) is 0 Å². The van der Waals surface area contributed by atoms with Crippen molar-refractivity contribution in [1.29, 1.82) is 0 Å². The Morgan fingerprint density at radius 1 is 1.24 bits per heavy atom. The van der Waals surface area contributed by atoms with Crippen LogP contribution < -0.4 is 10.1 Å². The van der Waals surface area contributed by atoms with Crippen molar-refractivity contribution in [1.82, 2.24) is 4.98 Å². The van der Waals surface area contributed by atoms with E-state index in [-0.39, 0.29) is 5.91 Å². The molecular weight excluding hydrogens is 379 g/mol. The van der Waals surface area contributed by atoms with E-state index in [2.05, 4.69) is 10.3 Å². The zero-order valence-electron chi connectivity index (χ0n) is 13.3. The molecule has 1 heterocycles. The molecule has 0 radical (unpaired) electrons. The van der Waals surface area contributed by atoms with Crippen molar-refractivity contribution in [3.05, 3.63) is 58.1 Å². The van der Waals surface area contributed by atoms with Crippen LogP contribution in [0, 0.1) is 0 Å². The van der Waals surface area contributed by atoms with Gasteiger partial charge < -0.3 is 4.74 Å². The standard InChI is InChI=1S/C18H14Cl2N2O2S/c1-2-24-12-5-7-15-16(10-12)25-18(21-15)22-17(23)8-4-11-3-6-13(19)14(20)9-11/h3-10H,2H2,1H3,(H,21,22,23)/b8-4+. The van der Waals surface area contributed by atoms with Crippen LogP contribution in [0.2, 0.25) is 10.0 Å². The summed E-state index contributed by atoms with van der Waals surface area (Å²) in [5, 5.41) is 4.22. The number of rotatable bonds is 5. The Kier molecular flexibility index (Phi) is 5.58. The Labute approximate surface area is 159 Å². The normalized spacial score (nSPS) is 11.2. The van der Waals surface area contributed by atoms with Gasteiger partial charge in [-0.3, -0.25) is 10.1 Å². The van der Waals surface area contributed by atoms with Crippen LogP contribution >= 0.6 is 34.5 Å². The smallest absolute Gasteiger partial charge is 0.250 e. The van der Waals surface area contributed by atoms with E-state index in [1.54, 1.807) is 24.3 Å². The minimum absolute atomic E-state index is 0.268. The molecule has 0 aliphatic carbocycles. The summed E-state index contributed by atoms with van der Waals surface area (Å²) in [7, 11) is 0. The number of hydrogen-bond donors (Lipinski definition) is 1. The van der Waals surface area contributed by atoms with Gasteiger partial charge in [0, 0.05) is 6.08 Å². The van der Waals surface area contributed by atoms with Crippen LogP contribution in [-0.2, 0) is 4.79 Å². The first-order chi connectivity index (χ1) is 12.0. The van der Waals surface area contributed by atoms with Crippen LogP contribution in [0.25, 0.3) is 16.3 Å². The average Bonchev–Trinajstić information content (AvgIpc) is 2.97. The molecule has 128 valence electrons. The van der Waals surface area contributed by atoms with Crippen molar-refractivity contribution in [2.45, 2.75) is 6.92 Å². The molecular formula is C18H14Cl2N2O2S. The van der Waals surface area contributed by atoms with E-state index >= 15 is 0 Å². The first-order valence-corrected chi connectivity index (χ1v) is 9.10. The molecule has 0 bridgehead atoms. The monoisotopic (exact) mass is 392 g/mol. The lowest BCUT2D eigenvalue weighted by Crippen LogP contribution is -2.07. The van der Waals surface area contributed by atoms with E-state index in [0.717, 1.165) is 21.5 Å². The van der Waals surface area contributed by atoms with Crippen LogP contribution in [0.3, 0.4) is 0 Å². The summed E-state index contributed by atoms with van der Waals surface area (Å²) in [6.07, 6.45) is 3.09. The molecule has 3 aromatic rings. The van der Waals surface area contributed by atoms with Crippen molar-refractivity contribution in [3.63, 3.8) is 0 Å². The number of benzene rings is 2. The van der Waals surface area contributed by atoms with Crippen LogP contribution in [-0.4, -0.2) is 17.5 Å². The number of aromatic nitrogens is 1. The lowest BCUT2D eigenvalue weighted by atomic mass is 10.2. The lowest BCUT2D eigenvalue weighted by molar-refractivity contribution is -0.111. The second-order valence-corrected chi connectivity index (χ2v) is 6.92. The molecule has 0 atom stereocenters. The molecule has 0 saturated heterocycles. The Morgan fingerprint density at radius 2 is 2.08 bits per heavy atom. The van der Waals surface area contributed by atoms with E-state index in [9.17, 15) is 4.79 Å². The molecule has 1 amide bonds. The van der Waals surface area contributed by atoms with Gasteiger partial charge in [-0.15, -0.1) is 0 Å². The van der Waals surface area contributed by atoms with Crippen LogP contribution in [0.15, 0.2) is 42.5 Å². The molecule has 0 aliphatic heterocycles. The summed E-state index contributed by atoms with van der Waals surface area (Å²) >= 11 is 13.2. The number of thiazole rings is 1. The number of carbonyl (C=O) groups excluding carboxylic acids is 1. The van der Waals surface area contributed by atoms with E-state index < -0.39 is 0 Å². The maximum Gasteiger partial charge on any atom is 0.250 e.